The van der Waals surface area contributed by atoms with E-state index in [0.717, 1.165) is 10.1 Å². The van der Waals surface area contributed by atoms with Crippen LogP contribution < -0.4 is 0 Å². The van der Waals surface area contributed by atoms with Gasteiger partial charge in [0.05, 0.1) is 4.88 Å². The number of carbonyl (C=O) groups is 1. The number of Topliss-reactive ketones (excluding diaryl/α,β-unsaturated/α-hetero) is 1. The third kappa shape index (κ3) is 2.95. The molecule has 5 heteroatoms. The molecule has 0 aliphatic carbocycles. The van der Waals surface area contributed by atoms with Crippen LogP contribution in [0.3, 0.4) is 0 Å². The molecule has 0 N–H and O–H groups in total. The molecule has 0 saturated heterocycles. The average molecular weight is 339 g/mol. The molecule has 0 radical (unpaired) electrons. The summed E-state index contributed by atoms with van der Waals surface area (Å²) < 4.78 is 13.9. The molecule has 106 valence electrons. The highest BCUT2D eigenvalue weighted by Gasteiger charge is 2.15. The van der Waals surface area contributed by atoms with Crippen molar-refractivity contribution < 1.29 is 9.18 Å². The molecule has 0 atom stereocenters. The fourth-order valence-corrected chi connectivity index (χ4v) is 3.65. The van der Waals surface area contributed by atoms with E-state index in [9.17, 15) is 9.18 Å². The van der Waals surface area contributed by atoms with Crippen LogP contribution in [0.15, 0.2) is 42.5 Å². The second-order valence-corrected chi connectivity index (χ2v) is 6.49. The second kappa shape index (κ2) is 5.76. The predicted octanol–water partition coefficient (Wildman–Crippen LogP) is 5.77. The van der Waals surface area contributed by atoms with Gasteiger partial charge < -0.3 is 0 Å². The maximum Gasteiger partial charge on any atom is 0.177 e. The lowest BCUT2D eigenvalue weighted by atomic mass is 10.1. The van der Waals surface area contributed by atoms with Crippen molar-refractivity contribution in [1.29, 1.82) is 0 Å². The molecule has 0 unspecified atom stereocenters. The number of benzene rings is 2. The molecule has 3 aromatic rings. The molecule has 0 spiro atoms. The Kier molecular flexibility index (Phi) is 3.98. The van der Waals surface area contributed by atoms with Crippen LogP contribution in [0.25, 0.3) is 10.1 Å². The van der Waals surface area contributed by atoms with Gasteiger partial charge in [0.2, 0.25) is 0 Å². The first-order valence-corrected chi connectivity index (χ1v) is 7.77. The van der Waals surface area contributed by atoms with E-state index < -0.39 is 0 Å². The minimum absolute atomic E-state index is 0.0772. The SMILES string of the molecule is O=C(Cc1c(Cl)cccc1Cl)c1cc2ccc(F)cc2s1. The highest BCUT2D eigenvalue weighted by molar-refractivity contribution is 7.20. The maximum atomic E-state index is 13.2. The van der Waals surface area contributed by atoms with E-state index in [1.165, 1.54) is 23.5 Å². The van der Waals surface area contributed by atoms with Gasteiger partial charge in [0.1, 0.15) is 5.82 Å². The number of ketones is 1. The molecule has 1 heterocycles. The van der Waals surface area contributed by atoms with Gasteiger partial charge in [-0.25, -0.2) is 4.39 Å². The van der Waals surface area contributed by atoms with Crippen molar-refractivity contribution in [3.63, 3.8) is 0 Å². The summed E-state index contributed by atoms with van der Waals surface area (Å²) in [6, 6.07) is 11.4. The molecule has 0 amide bonds. The molecule has 1 nitrogen and oxygen atoms in total. The monoisotopic (exact) mass is 338 g/mol. The lowest BCUT2D eigenvalue weighted by molar-refractivity contribution is 0.0997. The molecule has 0 aliphatic heterocycles. The fraction of sp³-hybridized carbons (Fsp3) is 0.0625. The summed E-state index contributed by atoms with van der Waals surface area (Å²) in [6.07, 6.45) is 0.133. The zero-order valence-electron chi connectivity index (χ0n) is 10.7. The summed E-state index contributed by atoms with van der Waals surface area (Å²) in [6.45, 7) is 0. The summed E-state index contributed by atoms with van der Waals surface area (Å²) in [4.78, 5) is 12.9. The molecule has 0 aliphatic rings. The van der Waals surface area contributed by atoms with Crippen LogP contribution >= 0.6 is 34.5 Å². The number of rotatable bonds is 3. The Morgan fingerprint density at radius 3 is 2.52 bits per heavy atom. The number of fused-ring (bicyclic) bond motifs is 1. The van der Waals surface area contributed by atoms with Crippen molar-refractivity contribution in [2.45, 2.75) is 6.42 Å². The number of carbonyl (C=O) groups excluding carboxylic acids is 1. The minimum Gasteiger partial charge on any atom is -0.293 e. The van der Waals surface area contributed by atoms with Crippen LogP contribution in [0.2, 0.25) is 10.0 Å². The molecule has 2 aromatic carbocycles. The zero-order valence-corrected chi connectivity index (χ0v) is 13.0. The Morgan fingerprint density at radius 2 is 1.81 bits per heavy atom. The Labute approximate surface area is 134 Å². The molecule has 21 heavy (non-hydrogen) atoms. The van der Waals surface area contributed by atoms with Crippen molar-refractivity contribution in [2.24, 2.45) is 0 Å². The first-order chi connectivity index (χ1) is 10.0. The van der Waals surface area contributed by atoms with Crippen molar-refractivity contribution in [1.82, 2.24) is 0 Å². The predicted molar refractivity (Wildman–Crippen MR) is 86.3 cm³/mol. The number of hydrogen-bond donors (Lipinski definition) is 0. The largest absolute Gasteiger partial charge is 0.293 e. The highest BCUT2D eigenvalue weighted by atomic mass is 35.5. The van der Waals surface area contributed by atoms with E-state index in [1.807, 2.05) is 0 Å². The standard InChI is InChI=1S/C16H9Cl2FOS/c17-12-2-1-3-13(18)11(12)8-14(20)16-6-9-4-5-10(19)7-15(9)21-16/h1-7H,8H2. The minimum atomic E-state index is -0.308. The first kappa shape index (κ1) is 14.5. The quantitative estimate of drug-likeness (QED) is 0.554. The van der Waals surface area contributed by atoms with Gasteiger partial charge in [-0.15, -0.1) is 11.3 Å². The van der Waals surface area contributed by atoms with Crippen LogP contribution in [-0.4, -0.2) is 5.78 Å². The second-order valence-electron chi connectivity index (χ2n) is 4.59. The van der Waals surface area contributed by atoms with Crippen molar-refractivity contribution >= 4 is 50.4 Å². The summed E-state index contributed by atoms with van der Waals surface area (Å²) in [5, 5.41) is 1.81. The highest BCUT2D eigenvalue weighted by Crippen LogP contribution is 2.30. The van der Waals surface area contributed by atoms with Crippen LogP contribution in [0.4, 0.5) is 4.39 Å². The maximum absolute atomic E-state index is 13.2. The number of halogens is 3. The van der Waals surface area contributed by atoms with Crippen molar-refractivity contribution in [3.05, 3.63) is 68.8 Å². The van der Waals surface area contributed by atoms with Gasteiger partial charge in [0.15, 0.2) is 5.78 Å². The van der Waals surface area contributed by atoms with Gasteiger partial charge in [0, 0.05) is 21.2 Å². The molecular weight excluding hydrogens is 330 g/mol. The summed E-state index contributed by atoms with van der Waals surface area (Å²) in [5.41, 5.74) is 0.620. The molecule has 1 aromatic heterocycles. The Morgan fingerprint density at radius 1 is 1.10 bits per heavy atom. The summed E-state index contributed by atoms with van der Waals surface area (Å²) in [7, 11) is 0. The van der Waals surface area contributed by atoms with E-state index in [0.29, 0.717) is 20.5 Å². The van der Waals surface area contributed by atoms with E-state index in [4.69, 9.17) is 23.2 Å². The van der Waals surface area contributed by atoms with E-state index in [1.54, 1.807) is 30.3 Å². The van der Waals surface area contributed by atoms with Crippen LogP contribution in [0, 0.1) is 5.82 Å². The van der Waals surface area contributed by atoms with Gasteiger partial charge >= 0.3 is 0 Å². The van der Waals surface area contributed by atoms with Gasteiger partial charge in [-0.1, -0.05) is 35.3 Å². The average Bonchev–Trinajstić information content (AvgIpc) is 2.86. The third-order valence-electron chi connectivity index (χ3n) is 3.16. The molecule has 0 fully saturated rings. The molecule has 0 saturated carbocycles. The van der Waals surface area contributed by atoms with E-state index in [-0.39, 0.29) is 18.0 Å². The topological polar surface area (TPSA) is 17.1 Å². The molecule has 0 bridgehead atoms. The zero-order chi connectivity index (χ0) is 15.0. The first-order valence-electron chi connectivity index (χ1n) is 6.20. The van der Waals surface area contributed by atoms with Gasteiger partial charge in [-0.05, 0) is 41.3 Å². The third-order valence-corrected chi connectivity index (χ3v) is 5.00. The number of thiophene rings is 1. The lowest BCUT2D eigenvalue weighted by Gasteiger charge is -2.04. The fourth-order valence-electron chi connectivity index (χ4n) is 2.09. The molecule has 3 rings (SSSR count). The lowest BCUT2D eigenvalue weighted by Crippen LogP contribution is -2.02. The van der Waals surface area contributed by atoms with Crippen LogP contribution in [-0.2, 0) is 6.42 Å². The van der Waals surface area contributed by atoms with Crippen molar-refractivity contribution in [3.8, 4) is 0 Å². The van der Waals surface area contributed by atoms with E-state index in [2.05, 4.69) is 0 Å². The Bertz CT molecular complexity index is 821. The van der Waals surface area contributed by atoms with E-state index >= 15 is 0 Å². The van der Waals surface area contributed by atoms with Crippen molar-refractivity contribution in [2.75, 3.05) is 0 Å². The summed E-state index contributed by atoms with van der Waals surface area (Å²) >= 11 is 13.4. The Balaban J connectivity index is 1.94. The normalized spacial score (nSPS) is 11.0. The van der Waals surface area contributed by atoms with Crippen LogP contribution in [0.1, 0.15) is 15.2 Å². The Hall–Kier alpha value is -1.42. The van der Waals surface area contributed by atoms with Gasteiger partial charge in [-0.3, -0.25) is 4.79 Å². The van der Waals surface area contributed by atoms with Crippen LogP contribution in [0.5, 0.6) is 0 Å². The molecular formula is C16H9Cl2FOS. The summed E-state index contributed by atoms with van der Waals surface area (Å²) in [5.74, 6) is -0.385. The van der Waals surface area contributed by atoms with Gasteiger partial charge in [-0.2, -0.15) is 0 Å². The smallest absolute Gasteiger partial charge is 0.177 e. The van der Waals surface area contributed by atoms with Gasteiger partial charge in [0.25, 0.3) is 0 Å². The number of hydrogen-bond acceptors (Lipinski definition) is 2.